The molecule has 1 aromatic carbocycles. The van der Waals surface area contributed by atoms with E-state index in [9.17, 15) is 12.8 Å². The van der Waals surface area contributed by atoms with Gasteiger partial charge in [0.05, 0.1) is 16.4 Å². The van der Waals surface area contributed by atoms with E-state index in [1.807, 2.05) is 6.92 Å². The van der Waals surface area contributed by atoms with Crippen molar-refractivity contribution >= 4 is 43.8 Å². The van der Waals surface area contributed by atoms with Crippen molar-refractivity contribution in [1.29, 1.82) is 0 Å². The number of nitrogens with zero attached hydrogens (tertiary/aromatic N) is 1. The number of nitrogens with one attached hydrogen (secondary N) is 1. The largest absolute Gasteiger partial charge is 0.396 e. The lowest BCUT2D eigenvalue weighted by atomic mass is 10.3. The SMILES string of the molecule is Cc1nc(NS(=O)(=O)c2cc(N)c(F)cc2Cl)sc1C. The third-order valence-electron chi connectivity index (χ3n) is 2.59. The van der Waals surface area contributed by atoms with Gasteiger partial charge in [-0.2, -0.15) is 0 Å². The second kappa shape index (κ2) is 5.19. The summed E-state index contributed by atoms with van der Waals surface area (Å²) in [5.74, 6) is -0.769. The number of rotatable bonds is 3. The van der Waals surface area contributed by atoms with Crippen LogP contribution in [-0.4, -0.2) is 13.4 Å². The number of nitrogen functional groups attached to an aromatic ring is 1. The quantitative estimate of drug-likeness (QED) is 0.844. The first-order valence-corrected chi connectivity index (χ1v) is 8.10. The fourth-order valence-corrected chi connectivity index (χ4v) is 4.04. The van der Waals surface area contributed by atoms with E-state index in [2.05, 4.69) is 9.71 Å². The Kier molecular flexibility index (Phi) is 3.90. The molecule has 0 aliphatic rings. The Balaban J connectivity index is 2.43. The minimum absolute atomic E-state index is 0.221. The number of aryl methyl sites for hydroxylation is 2. The maximum absolute atomic E-state index is 13.2. The highest BCUT2D eigenvalue weighted by Crippen LogP contribution is 2.29. The lowest BCUT2D eigenvalue weighted by Crippen LogP contribution is -2.14. The van der Waals surface area contributed by atoms with Gasteiger partial charge >= 0.3 is 0 Å². The minimum atomic E-state index is -3.97. The molecule has 0 saturated carbocycles. The van der Waals surface area contributed by atoms with E-state index in [4.69, 9.17) is 17.3 Å². The molecule has 0 unspecified atom stereocenters. The molecule has 1 aromatic heterocycles. The second-order valence-electron chi connectivity index (χ2n) is 4.07. The van der Waals surface area contributed by atoms with Crippen molar-refractivity contribution < 1.29 is 12.8 Å². The van der Waals surface area contributed by atoms with Crippen LogP contribution in [0, 0.1) is 19.7 Å². The van der Waals surface area contributed by atoms with Gasteiger partial charge < -0.3 is 5.73 Å². The molecular weight excluding hydrogens is 325 g/mol. The van der Waals surface area contributed by atoms with E-state index < -0.39 is 15.8 Å². The molecule has 0 fully saturated rings. The molecule has 2 aromatic rings. The summed E-state index contributed by atoms with van der Waals surface area (Å²) in [5, 5.41) is -0.0202. The normalized spacial score (nSPS) is 11.6. The van der Waals surface area contributed by atoms with E-state index in [0.717, 1.165) is 22.7 Å². The Hall–Kier alpha value is -1.38. The number of nitrogens with two attached hydrogens (primary N) is 1. The van der Waals surface area contributed by atoms with Gasteiger partial charge in [-0.05, 0) is 26.0 Å². The molecule has 9 heteroatoms. The zero-order chi connectivity index (χ0) is 15.1. The number of hydrogen-bond acceptors (Lipinski definition) is 5. The molecule has 0 radical (unpaired) electrons. The van der Waals surface area contributed by atoms with Crippen molar-refractivity contribution in [2.24, 2.45) is 0 Å². The number of anilines is 2. The van der Waals surface area contributed by atoms with Crippen LogP contribution < -0.4 is 10.5 Å². The standard InChI is InChI=1S/C11H11ClFN3O2S2/c1-5-6(2)19-11(15-5)16-20(17,18)10-4-9(14)8(13)3-7(10)12/h3-4H,14H2,1-2H3,(H,15,16). The second-order valence-corrected chi connectivity index (χ2v) is 7.33. The van der Waals surface area contributed by atoms with Crippen molar-refractivity contribution in [3.8, 4) is 0 Å². The Morgan fingerprint density at radius 3 is 2.60 bits per heavy atom. The summed E-state index contributed by atoms with van der Waals surface area (Å²) in [6, 6.07) is 1.84. The maximum Gasteiger partial charge on any atom is 0.265 e. The number of halogens is 2. The smallest absolute Gasteiger partial charge is 0.265 e. The molecule has 0 saturated heterocycles. The topological polar surface area (TPSA) is 85.1 Å². The molecule has 0 spiro atoms. The van der Waals surface area contributed by atoms with Gasteiger partial charge in [0.1, 0.15) is 10.7 Å². The Labute approximate surface area is 124 Å². The monoisotopic (exact) mass is 335 g/mol. The predicted molar refractivity (Wildman–Crippen MR) is 78.2 cm³/mol. The molecule has 0 aliphatic carbocycles. The van der Waals surface area contributed by atoms with Crippen molar-refractivity contribution in [3.05, 3.63) is 33.5 Å². The van der Waals surface area contributed by atoms with Gasteiger partial charge in [0.25, 0.3) is 10.0 Å². The summed E-state index contributed by atoms with van der Waals surface area (Å²) in [6.07, 6.45) is 0. The molecule has 0 bridgehead atoms. The van der Waals surface area contributed by atoms with Crippen LogP contribution in [0.4, 0.5) is 15.2 Å². The number of hydrogen-bond donors (Lipinski definition) is 2. The summed E-state index contributed by atoms with van der Waals surface area (Å²) >= 11 is 6.96. The van der Waals surface area contributed by atoms with Gasteiger partial charge in [0, 0.05) is 4.88 Å². The van der Waals surface area contributed by atoms with Crippen molar-refractivity contribution in [2.45, 2.75) is 18.7 Å². The van der Waals surface area contributed by atoms with Crippen LogP contribution in [-0.2, 0) is 10.0 Å². The molecular formula is C11H11ClFN3O2S2. The van der Waals surface area contributed by atoms with Crippen LogP contribution in [0.3, 0.4) is 0 Å². The average molecular weight is 336 g/mol. The summed E-state index contributed by atoms with van der Waals surface area (Å²) in [6.45, 7) is 3.60. The van der Waals surface area contributed by atoms with Gasteiger partial charge in [-0.1, -0.05) is 11.6 Å². The van der Waals surface area contributed by atoms with Crippen molar-refractivity contribution in [3.63, 3.8) is 0 Å². The maximum atomic E-state index is 13.2. The van der Waals surface area contributed by atoms with Crippen molar-refractivity contribution in [2.75, 3.05) is 10.5 Å². The Bertz CT molecular complexity index is 755. The average Bonchev–Trinajstić information content (AvgIpc) is 2.61. The fraction of sp³-hybridized carbons (Fsp3) is 0.182. The Morgan fingerprint density at radius 2 is 2.05 bits per heavy atom. The first-order chi connectivity index (χ1) is 9.20. The highest BCUT2D eigenvalue weighted by Gasteiger charge is 2.21. The van der Waals surface area contributed by atoms with Gasteiger partial charge in [-0.25, -0.2) is 17.8 Å². The summed E-state index contributed by atoms with van der Waals surface area (Å²) < 4.78 is 39.9. The molecule has 3 N–H and O–H groups in total. The number of thiazole rings is 1. The van der Waals surface area contributed by atoms with Crippen molar-refractivity contribution in [1.82, 2.24) is 4.98 Å². The van der Waals surface area contributed by atoms with E-state index >= 15 is 0 Å². The van der Waals surface area contributed by atoms with Crippen LogP contribution in [0.5, 0.6) is 0 Å². The van der Waals surface area contributed by atoms with Crippen LogP contribution in [0.1, 0.15) is 10.6 Å². The number of aromatic nitrogens is 1. The molecule has 0 atom stereocenters. The van der Waals surface area contributed by atoms with Crippen LogP contribution in [0.25, 0.3) is 0 Å². The highest BCUT2D eigenvalue weighted by atomic mass is 35.5. The van der Waals surface area contributed by atoms with Crippen LogP contribution in [0.15, 0.2) is 17.0 Å². The van der Waals surface area contributed by atoms with Crippen LogP contribution >= 0.6 is 22.9 Å². The minimum Gasteiger partial charge on any atom is -0.396 e. The fourth-order valence-electron chi connectivity index (χ4n) is 1.44. The summed E-state index contributed by atoms with van der Waals surface area (Å²) in [7, 11) is -3.97. The molecule has 0 aliphatic heterocycles. The molecule has 20 heavy (non-hydrogen) atoms. The summed E-state index contributed by atoms with van der Waals surface area (Å²) in [4.78, 5) is 4.68. The third kappa shape index (κ3) is 2.87. The zero-order valence-corrected chi connectivity index (χ0v) is 13.0. The first-order valence-electron chi connectivity index (χ1n) is 5.42. The van der Waals surface area contributed by atoms with Crippen LogP contribution in [0.2, 0.25) is 5.02 Å². The van der Waals surface area contributed by atoms with E-state index in [0.29, 0.717) is 0 Å². The van der Waals surface area contributed by atoms with Gasteiger partial charge in [-0.15, -0.1) is 11.3 Å². The lowest BCUT2D eigenvalue weighted by Gasteiger charge is -2.08. The Morgan fingerprint density at radius 1 is 1.40 bits per heavy atom. The predicted octanol–water partition coefficient (Wildman–Crippen LogP) is 2.94. The van der Waals surface area contributed by atoms with Gasteiger partial charge in [0.15, 0.2) is 5.13 Å². The highest BCUT2D eigenvalue weighted by molar-refractivity contribution is 7.93. The number of sulfonamides is 1. The molecule has 108 valence electrons. The summed E-state index contributed by atoms with van der Waals surface area (Å²) in [5.41, 5.74) is 5.81. The molecule has 0 amide bonds. The molecule has 1 heterocycles. The third-order valence-corrected chi connectivity index (χ3v) is 5.51. The van der Waals surface area contributed by atoms with E-state index in [1.165, 1.54) is 11.3 Å². The van der Waals surface area contributed by atoms with E-state index in [-0.39, 0.29) is 20.7 Å². The zero-order valence-electron chi connectivity index (χ0n) is 10.6. The molecule has 2 rings (SSSR count). The van der Waals surface area contributed by atoms with Gasteiger partial charge in [-0.3, -0.25) is 4.72 Å². The lowest BCUT2D eigenvalue weighted by molar-refractivity contribution is 0.600. The number of benzene rings is 1. The van der Waals surface area contributed by atoms with E-state index in [1.54, 1.807) is 6.92 Å². The molecule has 5 nitrogen and oxygen atoms in total. The first kappa shape index (κ1) is 15.0. The van der Waals surface area contributed by atoms with Gasteiger partial charge in [0.2, 0.25) is 0 Å².